The van der Waals surface area contributed by atoms with Crippen LogP contribution in [0.3, 0.4) is 0 Å². The second-order valence-corrected chi connectivity index (χ2v) is 2.99. The van der Waals surface area contributed by atoms with E-state index in [0.29, 0.717) is 12.2 Å². The monoisotopic (exact) mass is 234 g/mol. The van der Waals surface area contributed by atoms with Crippen LogP contribution in [0.2, 0.25) is 0 Å². The fraction of sp³-hybridized carbons (Fsp3) is 0.400. The maximum absolute atomic E-state index is 11.9. The van der Waals surface area contributed by atoms with Gasteiger partial charge in [0, 0.05) is 25.8 Å². The first-order valence-electron chi connectivity index (χ1n) is 4.49. The Bertz CT molecular complexity index is 328. The first kappa shape index (κ1) is 12.8. The highest BCUT2D eigenvalue weighted by Gasteiger charge is 2.28. The van der Waals surface area contributed by atoms with Gasteiger partial charge in [-0.3, -0.25) is 0 Å². The summed E-state index contributed by atoms with van der Waals surface area (Å²) in [7, 11) is 1.53. The van der Waals surface area contributed by atoms with E-state index in [0.717, 1.165) is 0 Å². The minimum absolute atomic E-state index is 0.0535. The summed E-state index contributed by atoms with van der Waals surface area (Å²) < 4.78 is 44.9. The molecule has 0 atom stereocenters. The molecule has 0 bridgehead atoms. The summed E-state index contributed by atoms with van der Waals surface area (Å²) in [6.45, 7) is -0.962. The van der Waals surface area contributed by atoms with Crippen molar-refractivity contribution in [2.75, 3.05) is 20.3 Å². The van der Waals surface area contributed by atoms with E-state index in [1.54, 1.807) is 12.5 Å². The Hall–Kier alpha value is -1.30. The van der Waals surface area contributed by atoms with E-state index < -0.39 is 12.8 Å². The zero-order valence-electron chi connectivity index (χ0n) is 8.62. The van der Waals surface area contributed by atoms with E-state index in [9.17, 15) is 13.2 Å². The molecule has 0 saturated carbocycles. The van der Waals surface area contributed by atoms with Crippen molar-refractivity contribution < 1.29 is 22.6 Å². The highest BCUT2D eigenvalue weighted by molar-refractivity contribution is 5.26. The van der Waals surface area contributed by atoms with E-state index in [1.165, 1.54) is 19.4 Å². The highest BCUT2D eigenvalue weighted by Crippen LogP contribution is 2.17. The summed E-state index contributed by atoms with van der Waals surface area (Å²) >= 11 is 0. The standard InChI is InChI=1S/C10H11F3NO2/c1-15-5-3-8-2-4-14-9(6-8)16-7-10(11,12)13/h2-4,6H,5,7H2,1H3. The molecule has 16 heavy (non-hydrogen) atoms. The number of halogens is 3. The zero-order chi connectivity index (χ0) is 12.0. The average molecular weight is 234 g/mol. The molecule has 3 nitrogen and oxygen atoms in total. The Kier molecular flexibility index (Phi) is 4.54. The van der Waals surface area contributed by atoms with Gasteiger partial charge in [0.1, 0.15) is 0 Å². The fourth-order valence-electron chi connectivity index (χ4n) is 0.966. The molecule has 1 rings (SSSR count). The summed E-state index contributed by atoms with van der Waals surface area (Å²) in [5.74, 6) is -0.0535. The fourth-order valence-corrected chi connectivity index (χ4v) is 0.966. The molecule has 0 N–H and O–H groups in total. The molecule has 0 aromatic carbocycles. The number of hydrogen-bond acceptors (Lipinski definition) is 3. The van der Waals surface area contributed by atoms with Gasteiger partial charge in [0.2, 0.25) is 5.88 Å². The number of aromatic nitrogens is 1. The van der Waals surface area contributed by atoms with Crippen molar-refractivity contribution in [1.29, 1.82) is 0 Å². The van der Waals surface area contributed by atoms with Crippen molar-refractivity contribution in [2.45, 2.75) is 6.18 Å². The summed E-state index contributed by atoms with van der Waals surface area (Å²) in [4.78, 5) is 3.67. The lowest BCUT2D eigenvalue weighted by atomic mass is 10.2. The van der Waals surface area contributed by atoms with Crippen LogP contribution in [0.1, 0.15) is 5.56 Å². The molecule has 1 aromatic rings. The number of alkyl halides is 3. The van der Waals surface area contributed by atoms with E-state index in [4.69, 9.17) is 4.74 Å². The lowest BCUT2D eigenvalue weighted by molar-refractivity contribution is -0.154. The minimum atomic E-state index is -4.35. The number of rotatable bonds is 5. The van der Waals surface area contributed by atoms with Gasteiger partial charge in [-0.2, -0.15) is 13.2 Å². The largest absolute Gasteiger partial charge is 0.468 e. The number of nitrogens with zero attached hydrogens (tertiary/aromatic N) is 1. The topological polar surface area (TPSA) is 31.4 Å². The quantitative estimate of drug-likeness (QED) is 0.782. The van der Waals surface area contributed by atoms with Crippen LogP contribution in [0.5, 0.6) is 5.88 Å². The number of pyridine rings is 1. The third kappa shape index (κ3) is 4.97. The molecule has 0 amide bonds. The average Bonchev–Trinajstić information content (AvgIpc) is 2.23. The third-order valence-corrected chi connectivity index (χ3v) is 1.63. The molecule has 1 radical (unpaired) electrons. The van der Waals surface area contributed by atoms with Crippen molar-refractivity contribution in [2.24, 2.45) is 0 Å². The number of hydrogen-bond donors (Lipinski definition) is 0. The lowest BCUT2D eigenvalue weighted by Gasteiger charge is -2.08. The Morgan fingerprint density at radius 1 is 1.44 bits per heavy atom. The first-order valence-corrected chi connectivity index (χ1v) is 4.49. The van der Waals surface area contributed by atoms with Crippen LogP contribution in [-0.2, 0) is 4.74 Å². The zero-order valence-corrected chi connectivity index (χ0v) is 8.62. The molecule has 6 heteroatoms. The molecule has 0 aliphatic rings. The van der Waals surface area contributed by atoms with Crippen molar-refractivity contribution >= 4 is 0 Å². The second-order valence-electron chi connectivity index (χ2n) is 2.99. The Balaban J connectivity index is 2.53. The molecule has 0 spiro atoms. The van der Waals surface area contributed by atoms with E-state index in [1.807, 2.05) is 0 Å². The van der Waals surface area contributed by atoms with Crippen molar-refractivity contribution in [3.63, 3.8) is 0 Å². The smallest absolute Gasteiger partial charge is 0.422 e. The molecular weight excluding hydrogens is 223 g/mol. The molecule has 0 unspecified atom stereocenters. The lowest BCUT2D eigenvalue weighted by Crippen LogP contribution is -2.19. The van der Waals surface area contributed by atoms with Crippen LogP contribution in [0.25, 0.3) is 0 Å². The Labute approximate surface area is 91.2 Å². The molecule has 0 aliphatic heterocycles. The molecule has 0 fully saturated rings. The normalized spacial score (nSPS) is 11.5. The SMILES string of the molecule is COC[CH]c1ccnc(OCC(F)(F)F)c1. The van der Waals surface area contributed by atoms with Gasteiger partial charge < -0.3 is 9.47 Å². The van der Waals surface area contributed by atoms with Crippen molar-refractivity contribution in [3.8, 4) is 5.88 Å². The molecular formula is C10H11F3NO2. The summed E-state index contributed by atoms with van der Waals surface area (Å²) in [5, 5.41) is 0. The van der Waals surface area contributed by atoms with Gasteiger partial charge in [0.25, 0.3) is 0 Å². The summed E-state index contributed by atoms with van der Waals surface area (Å²) in [6, 6.07) is 3.07. The molecule has 0 saturated heterocycles. The number of ether oxygens (including phenoxy) is 2. The predicted molar refractivity (Wildman–Crippen MR) is 51.1 cm³/mol. The van der Waals surface area contributed by atoms with Crippen LogP contribution >= 0.6 is 0 Å². The van der Waals surface area contributed by atoms with Gasteiger partial charge in [0.15, 0.2) is 6.61 Å². The number of methoxy groups -OCH3 is 1. The maximum atomic E-state index is 11.9. The minimum Gasteiger partial charge on any atom is -0.468 e. The van der Waals surface area contributed by atoms with Gasteiger partial charge in [-0.25, -0.2) is 4.98 Å². The van der Waals surface area contributed by atoms with Crippen LogP contribution in [0.15, 0.2) is 18.3 Å². The third-order valence-electron chi connectivity index (χ3n) is 1.63. The predicted octanol–water partition coefficient (Wildman–Crippen LogP) is 2.22. The Morgan fingerprint density at radius 3 is 2.81 bits per heavy atom. The van der Waals surface area contributed by atoms with Gasteiger partial charge in [-0.05, 0) is 11.6 Å². The molecule has 89 valence electrons. The molecule has 1 aromatic heterocycles. The van der Waals surface area contributed by atoms with E-state index in [-0.39, 0.29) is 5.88 Å². The van der Waals surface area contributed by atoms with E-state index in [2.05, 4.69) is 9.72 Å². The summed E-state index contributed by atoms with van der Waals surface area (Å²) in [5.41, 5.74) is 0.703. The second kappa shape index (κ2) is 5.69. The Morgan fingerprint density at radius 2 is 2.19 bits per heavy atom. The van der Waals surface area contributed by atoms with Gasteiger partial charge in [0.05, 0.1) is 6.61 Å². The van der Waals surface area contributed by atoms with Crippen LogP contribution in [-0.4, -0.2) is 31.5 Å². The molecule has 0 aliphatic carbocycles. The van der Waals surface area contributed by atoms with Gasteiger partial charge in [-0.15, -0.1) is 0 Å². The van der Waals surface area contributed by atoms with Crippen LogP contribution in [0, 0.1) is 6.42 Å². The first-order chi connectivity index (χ1) is 7.51. The van der Waals surface area contributed by atoms with Crippen molar-refractivity contribution in [1.82, 2.24) is 4.98 Å². The van der Waals surface area contributed by atoms with Gasteiger partial charge >= 0.3 is 6.18 Å². The van der Waals surface area contributed by atoms with Crippen molar-refractivity contribution in [3.05, 3.63) is 30.3 Å². The van der Waals surface area contributed by atoms with E-state index >= 15 is 0 Å². The molecule has 1 heterocycles. The highest BCUT2D eigenvalue weighted by atomic mass is 19.4. The maximum Gasteiger partial charge on any atom is 0.422 e. The summed E-state index contributed by atoms with van der Waals surface area (Å²) in [6.07, 6.45) is -1.26. The van der Waals surface area contributed by atoms with Crippen LogP contribution in [0.4, 0.5) is 13.2 Å². The van der Waals surface area contributed by atoms with Gasteiger partial charge in [-0.1, -0.05) is 0 Å². The van der Waals surface area contributed by atoms with Crippen LogP contribution < -0.4 is 4.74 Å².